The summed E-state index contributed by atoms with van der Waals surface area (Å²) >= 11 is 0. The van der Waals surface area contributed by atoms with Crippen molar-refractivity contribution in [3.8, 4) is 5.75 Å². The molecule has 1 aromatic heterocycles. The van der Waals surface area contributed by atoms with Gasteiger partial charge in [0.25, 0.3) is 0 Å². The molecule has 0 saturated heterocycles. The first-order valence-corrected chi connectivity index (χ1v) is 5.97. The van der Waals surface area contributed by atoms with Gasteiger partial charge in [-0.15, -0.1) is 0 Å². The maximum atomic E-state index is 5.55. The fourth-order valence-corrected chi connectivity index (χ4v) is 1.27. The van der Waals surface area contributed by atoms with Crippen LogP contribution in [-0.4, -0.2) is 43.3 Å². The van der Waals surface area contributed by atoms with E-state index < -0.39 is 0 Å². The maximum Gasteiger partial charge on any atom is 0.157 e. The molecule has 1 heterocycles. The highest BCUT2D eigenvalue weighted by atomic mass is 16.5. The third-order valence-electron chi connectivity index (χ3n) is 2.24. The van der Waals surface area contributed by atoms with Crippen molar-refractivity contribution in [2.75, 3.05) is 33.5 Å². The first-order valence-electron chi connectivity index (χ1n) is 5.97. The minimum Gasteiger partial charge on any atom is -0.490 e. The number of nitrogens with zero attached hydrogens (tertiary/aromatic N) is 2. The van der Waals surface area contributed by atoms with Gasteiger partial charge in [-0.25, -0.2) is 0 Å². The minimum atomic E-state index is 0.365. The number of ether oxygens (including phenoxy) is 3. The summed E-state index contributed by atoms with van der Waals surface area (Å²) in [4.78, 5) is 0. The van der Waals surface area contributed by atoms with Gasteiger partial charge in [-0.05, 0) is 13.8 Å². The molecule has 0 aliphatic heterocycles. The predicted octanol–water partition coefficient (Wildman–Crippen LogP) is 1.90. The molecule has 0 amide bonds. The molecular weight excluding hydrogens is 220 g/mol. The summed E-state index contributed by atoms with van der Waals surface area (Å²) in [7, 11) is 1.67. The zero-order chi connectivity index (χ0) is 12.5. The van der Waals surface area contributed by atoms with Gasteiger partial charge in [-0.3, -0.25) is 4.68 Å². The summed E-state index contributed by atoms with van der Waals surface area (Å²) in [5, 5.41) is 4.20. The van der Waals surface area contributed by atoms with E-state index in [1.807, 2.05) is 10.9 Å². The number of hydrogen-bond donors (Lipinski definition) is 0. The molecule has 0 atom stereocenters. The van der Waals surface area contributed by atoms with Gasteiger partial charge in [0.2, 0.25) is 0 Å². The van der Waals surface area contributed by atoms with Crippen LogP contribution >= 0.6 is 0 Å². The summed E-state index contributed by atoms with van der Waals surface area (Å²) in [6, 6.07) is 0.365. The van der Waals surface area contributed by atoms with Crippen molar-refractivity contribution in [3.63, 3.8) is 0 Å². The van der Waals surface area contributed by atoms with Crippen LogP contribution in [0.15, 0.2) is 12.4 Å². The molecule has 0 aromatic carbocycles. The van der Waals surface area contributed by atoms with Gasteiger partial charge in [0.15, 0.2) is 5.75 Å². The summed E-state index contributed by atoms with van der Waals surface area (Å²) in [6.07, 6.45) is 4.53. The lowest BCUT2D eigenvalue weighted by molar-refractivity contribution is 0.0644. The number of hydrogen-bond acceptors (Lipinski definition) is 4. The molecule has 0 aliphatic rings. The third kappa shape index (κ3) is 5.70. The quantitative estimate of drug-likeness (QED) is 0.620. The van der Waals surface area contributed by atoms with Crippen LogP contribution in [0.2, 0.25) is 0 Å². The van der Waals surface area contributed by atoms with Crippen molar-refractivity contribution in [2.24, 2.45) is 0 Å². The Bertz CT molecular complexity index is 300. The topological polar surface area (TPSA) is 45.5 Å². The highest BCUT2D eigenvalue weighted by Crippen LogP contribution is 2.12. The SMILES string of the molecule is COCCOCCCOc1cnn(C(C)C)c1. The van der Waals surface area contributed by atoms with Crippen molar-refractivity contribution in [2.45, 2.75) is 26.3 Å². The molecule has 0 N–H and O–H groups in total. The molecule has 0 radical (unpaired) electrons. The van der Waals surface area contributed by atoms with Crippen LogP contribution in [0.5, 0.6) is 5.75 Å². The van der Waals surface area contributed by atoms with E-state index in [1.165, 1.54) is 0 Å². The number of methoxy groups -OCH3 is 1. The van der Waals surface area contributed by atoms with E-state index >= 15 is 0 Å². The Kier molecular flexibility index (Phi) is 6.65. The summed E-state index contributed by atoms with van der Waals surface area (Å²) in [6.45, 7) is 6.79. The molecule has 0 fully saturated rings. The first-order chi connectivity index (χ1) is 8.24. The lowest BCUT2D eigenvalue weighted by Crippen LogP contribution is -2.06. The largest absolute Gasteiger partial charge is 0.490 e. The smallest absolute Gasteiger partial charge is 0.157 e. The Balaban J connectivity index is 2.05. The molecular formula is C12H22N2O3. The van der Waals surface area contributed by atoms with Gasteiger partial charge < -0.3 is 14.2 Å². The lowest BCUT2D eigenvalue weighted by Gasteiger charge is -2.05. The van der Waals surface area contributed by atoms with Gasteiger partial charge in [0.1, 0.15) is 0 Å². The van der Waals surface area contributed by atoms with Gasteiger partial charge in [-0.2, -0.15) is 5.10 Å². The molecule has 1 rings (SSSR count). The lowest BCUT2D eigenvalue weighted by atomic mass is 10.4. The molecule has 17 heavy (non-hydrogen) atoms. The predicted molar refractivity (Wildman–Crippen MR) is 65.4 cm³/mol. The van der Waals surface area contributed by atoms with E-state index in [9.17, 15) is 0 Å². The van der Waals surface area contributed by atoms with Crippen LogP contribution in [0.1, 0.15) is 26.3 Å². The first kappa shape index (κ1) is 14.0. The second kappa shape index (κ2) is 8.08. The highest BCUT2D eigenvalue weighted by Gasteiger charge is 2.01. The molecule has 0 spiro atoms. The summed E-state index contributed by atoms with van der Waals surface area (Å²) < 4.78 is 17.6. The second-order valence-corrected chi connectivity index (χ2v) is 4.06. The maximum absolute atomic E-state index is 5.55. The van der Waals surface area contributed by atoms with Crippen LogP contribution in [0.3, 0.4) is 0 Å². The summed E-state index contributed by atoms with van der Waals surface area (Å²) in [5.74, 6) is 0.815. The van der Waals surface area contributed by atoms with E-state index in [0.717, 1.165) is 12.2 Å². The average molecular weight is 242 g/mol. The molecule has 98 valence electrons. The molecule has 0 unspecified atom stereocenters. The molecule has 0 saturated carbocycles. The van der Waals surface area contributed by atoms with Crippen molar-refractivity contribution >= 4 is 0 Å². The zero-order valence-corrected chi connectivity index (χ0v) is 10.9. The van der Waals surface area contributed by atoms with E-state index in [0.29, 0.717) is 32.5 Å². The van der Waals surface area contributed by atoms with Gasteiger partial charge in [0.05, 0.1) is 32.2 Å². The Hall–Kier alpha value is -1.07. The Morgan fingerprint density at radius 2 is 2.06 bits per heavy atom. The van der Waals surface area contributed by atoms with Gasteiger partial charge in [0, 0.05) is 26.2 Å². The molecule has 5 nitrogen and oxygen atoms in total. The highest BCUT2D eigenvalue weighted by molar-refractivity contribution is 5.11. The van der Waals surface area contributed by atoms with Crippen LogP contribution in [0.4, 0.5) is 0 Å². The number of aromatic nitrogens is 2. The van der Waals surface area contributed by atoms with E-state index in [1.54, 1.807) is 13.3 Å². The molecule has 1 aromatic rings. The van der Waals surface area contributed by atoms with Gasteiger partial charge in [-0.1, -0.05) is 0 Å². The van der Waals surface area contributed by atoms with Crippen LogP contribution in [0.25, 0.3) is 0 Å². The number of rotatable bonds is 9. The van der Waals surface area contributed by atoms with Crippen molar-refractivity contribution < 1.29 is 14.2 Å². The average Bonchev–Trinajstić information content (AvgIpc) is 2.77. The Morgan fingerprint density at radius 3 is 2.71 bits per heavy atom. The fourth-order valence-electron chi connectivity index (χ4n) is 1.27. The second-order valence-electron chi connectivity index (χ2n) is 4.06. The summed E-state index contributed by atoms with van der Waals surface area (Å²) in [5.41, 5.74) is 0. The van der Waals surface area contributed by atoms with Gasteiger partial charge >= 0.3 is 0 Å². The Morgan fingerprint density at radius 1 is 1.24 bits per heavy atom. The van der Waals surface area contributed by atoms with E-state index in [-0.39, 0.29) is 0 Å². The zero-order valence-electron chi connectivity index (χ0n) is 10.9. The normalized spacial score (nSPS) is 11.1. The standard InChI is InChI=1S/C12H22N2O3/c1-11(2)14-10-12(9-13-14)17-6-4-5-16-8-7-15-3/h9-11H,4-8H2,1-3H3. The van der Waals surface area contributed by atoms with Crippen molar-refractivity contribution in [3.05, 3.63) is 12.4 Å². The van der Waals surface area contributed by atoms with Crippen LogP contribution in [-0.2, 0) is 9.47 Å². The Labute approximate surface area is 103 Å². The van der Waals surface area contributed by atoms with Crippen LogP contribution in [0, 0.1) is 0 Å². The fraction of sp³-hybridized carbons (Fsp3) is 0.750. The van der Waals surface area contributed by atoms with Crippen molar-refractivity contribution in [1.82, 2.24) is 9.78 Å². The molecule has 5 heteroatoms. The third-order valence-corrected chi connectivity index (χ3v) is 2.24. The van der Waals surface area contributed by atoms with Crippen LogP contribution < -0.4 is 4.74 Å². The minimum absolute atomic E-state index is 0.365. The van der Waals surface area contributed by atoms with E-state index in [2.05, 4.69) is 18.9 Å². The van der Waals surface area contributed by atoms with E-state index in [4.69, 9.17) is 14.2 Å². The monoisotopic (exact) mass is 242 g/mol. The molecule has 0 bridgehead atoms. The molecule has 0 aliphatic carbocycles. The van der Waals surface area contributed by atoms with Crippen molar-refractivity contribution in [1.29, 1.82) is 0 Å².